The molecule has 0 bridgehead atoms. The first-order chi connectivity index (χ1) is 10.8. The van der Waals surface area contributed by atoms with Crippen molar-refractivity contribution in [1.82, 2.24) is 0 Å². The first kappa shape index (κ1) is 16.5. The van der Waals surface area contributed by atoms with E-state index in [4.69, 9.17) is 10.4 Å². The Morgan fingerprint density at radius 1 is 1.17 bits per heavy atom. The molecule has 0 radical (unpaired) electrons. The molecule has 0 aliphatic rings. The Morgan fingerprint density at radius 2 is 1.78 bits per heavy atom. The molecule has 1 N–H and O–H groups in total. The van der Waals surface area contributed by atoms with E-state index in [0.717, 1.165) is 4.31 Å². The van der Waals surface area contributed by atoms with E-state index in [-0.39, 0.29) is 10.5 Å². The lowest BCUT2D eigenvalue weighted by Crippen LogP contribution is -2.27. The second kappa shape index (κ2) is 6.10. The third-order valence-corrected chi connectivity index (χ3v) is 5.37. The fourth-order valence-electron chi connectivity index (χ4n) is 2.11. The fourth-order valence-corrected chi connectivity index (χ4v) is 3.51. The lowest BCUT2D eigenvalue weighted by atomic mass is 10.2. The molecule has 0 unspecified atom stereocenters. The molecule has 0 saturated carbocycles. The van der Waals surface area contributed by atoms with Crippen molar-refractivity contribution in [2.24, 2.45) is 0 Å². The van der Waals surface area contributed by atoms with E-state index < -0.39 is 16.0 Å². The Bertz CT molecular complexity index is 897. The number of aromatic carboxylic acids is 1. The highest BCUT2D eigenvalue weighted by molar-refractivity contribution is 7.92. The van der Waals surface area contributed by atoms with Crippen LogP contribution in [0.15, 0.2) is 47.4 Å². The zero-order valence-electron chi connectivity index (χ0n) is 12.5. The summed E-state index contributed by atoms with van der Waals surface area (Å²) in [5.41, 5.74) is 1.28. The van der Waals surface area contributed by atoms with Gasteiger partial charge in [-0.25, -0.2) is 13.2 Å². The maximum atomic E-state index is 12.7. The molecule has 2 aromatic carbocycles. The van der Waals surface area contributed by atoms with E-state index in [2.05, 4.69) is 0 Å². The molecule has 0 atom stereocenters. The van der Waals surface area contributed by atoms with Gasteiger partial charge in [0, 0.05) is 7.05 Å². The highest BCUT2D eigenvalue weighted by Gasteiger charge is 2.23. The second-order valence-electron chi connectivity index (χ2n) is 4.92. The molecule has 0 aliphatic carbocycles. The van der Waals surface area contributed by atoms with Crippen LogP contribution in [0.3, 0.4) is 0 Å². The van der Waals surface area contributed by atoms with Crippen LogP contribution in [0.2, 0.25) is 0 Å². The largest absolute Gasteiger partial charge is 0.478 e. The van der Waals surface area contributed by atoms with E-state index in [1.807, 2.05) is 6.07 Å². The van der Waals surface area contributed by atoms with Crippen molar-refractivity contribution in [3.05, 3.63) is 59.2 Å². The number of sulfonamides is 1. The molecule has 0 heterocycles. The molecule has 0 fully saturated rings. The van der Waals surface area contributed by atoms with E-state index >= 15 is 0 Å². The molecule has 23 heavy (non-hydrogen) atoms. The topological polar surface area (TPSA) is 98.5 Å². The van der Waals surface area contributed by atoms with Gasteiger partial charge in [0.1, 0.15) is 0 Å². The molecule has 0 aliphatic heterocycles. The van der Waals surface area contributed by atoms with Crippen LogP contribution in [0, 0.1) is 18.3 Å². The number of aryl methyl sites for hydroxylation is 1. The van der Waals surface area contributed by atoms with Crippen LogP contribution < -0.4 is 4.31 Å². The first-order valence-electron chi connectivity index (χ1n) is 6.60. The van der Waals surface area contributed by atoms with Crippen LogP contribution in [0.1, 0.15) is 21.5 Å². The summed E-state index contributed by atoms with van der Waals surface area (Å²) in [6.45, 7) is 1.62. The second-order valence-corrected chi connectivity index (χ2v) is 6.85. The minimum absolute atomic E-state index is 0.0779. The average Bonchev–Trinajstić information content (AvgIpc) is 2.53. The molecule has 7 heteroatoms. The van der Waals surface area contributed by atoms with Gasteiger partial charge in [0.15, 0.2) is 0 Å². The average molecular weight is 330 g/mol. The Labute approximate surface area is 134 Å². The lowest BCUT2D eigenvalue weighted by Gasteiger charge is -2.20. The van der Waals surface area contributed by atoms with Gasteiger partial charge in [-0.2, -0.15) is 5.26 Å². The summed E-state index contributed by atoms with van der Waals surface area (Å²) in [4.78, 5) is 10.9. The van der Waals surface area contributed by atoms with Gasteiger partial charge >= 0.3 is 5.97 Å². The summed E-state index contributed by atoms with van der Waals surface area (Å²) in [5, 5.41) is 17.7. The van der Waals surface area contributed by atoms with Gasteiger partial charge in [0.25, 0.3) is 10.0 Å². The van der Waals surface area contributed by atoms with Crippen LogP contribution in [-0.2, 0) is 10.0 Å². The van der Waals surface area contributed by atoms with Crippen LogP contribution in [0.4, 0.5) is 5.69 Å². The zero-order chi connectivity index (χ0) is 17.2. The Hall–Kier alpha value is -2.85. The van der Waals surface area contributed by atoms with E-state index in [0.29, 0.717) is 16.8 Å². The van der Waals surface area contributed by atoms with Crippen molar-refractivity contribution in [3.8, 4) is 6.07 Å². The fraction of sp³-hybridized carbons (Fsp3) is 0.125. The van der Waals surface area contributed by atoms with Crippen molar-refractivity contribution in [1.29, 1.82) is 5.26 Å². The first-order valence-corrected chi connectivity index (χ1v) is 8.04. The number of nitrogens with zero attached hydrogens (tertiary/aromatic N) is 2. The van der Waals surface area contributed by atoms with Gasteiger partial charge in [-0.05, 0) is 55.0 Å². The summed E-state index contributed by atoms with van der Waals surface area (Å²) in [5.74, 6) is -1.08. The number of rotatable bonds is 4. The minimum Gasteiger partial charge on any atom is -0.478 e. The number of benzene rings is 2. The van der Waals surface area contributed by atoms with Gasteiger partial charge in [0.2, 0.25) is 0 Å². The summed E-state index contributed by atoms with van der Waals surface area (Å²) >= 11 is 0. The quantitative estimate of drug-likeness (QED) is 0.928. The number of anilines is 1. The van der Waals surface area contributed by atoms with E-state index in [9.17, 15) is 13.2 Å². The Morgan fingerprint density at radius 3 is 2.26 bits per heavy atom. The molecular weight excluding hydrogens is 316 g/mol. The molecule has 0 saturated heterocycles. The molecule has 118 valence electrons. The van der Waals surface area contributed by atoms with E-state index in [1.165, 1.54) is 49.5 Å². The Balaban J connectivity index is 2.43. The third kappa shape index (κ3) is 3.17. The summed E-state index contributed by atoms with van der Waals surface area (Å²) < 4.78 is 26.5. The number of carbonyl (C=O) groups is 1. The maximum absolute atomic E-state index is 12.7. The lowest BCUT2D eigenvalue weighted by molar-refractivity contribution is 0.0697. The number of nitriles is 1. The molecule has 0 spiro atoms. The summed E-state index contributed by atoms with van der Waals surface area (Å²) in [6, 6.07) is 11.9. The predicted molar refractivity (Wildman–Crippen MR) is 84.9 cm³/mol. The van der Waals surface area contributed by atoms with Gasteiger partial charge in [-0.15, -0.1) is 0 Å². The van der Waals surface area contributed by atoms with E-state index in [1.54, 1.807) is 6.92 Å². The van der Waals surface area contributed by atoms with Gasteiger partial charge in [-0.1, -0.05) is 0 Å². The number of hydrogen-bond acceptors (Lipinski definition) is 4. The highest BCUT2D eigenvalue weighted by atomic mass is 32.2. The summed E-state index contributed by atoms with van der Waals surface area (Å²) in [7, 11) is -2.41. The minimum atomic E-state index is -3.80. The van der Waals surface area contributed by atoms with Crippen molar-refractivity contribution >= 4 is 21.7 Å². The van der Waals surface area contributed by atoms with Crippen molar-refractivity contribution in [3.63, 3.8) is 0 Å². The van der Waals surface area contributed by atoms with Crippen LogP contribution in [0.25, 0.3) is 0 Å². The molecule has 0 aromatic heterocycles. The number of hydrogen-bond donors (Lipinski definition) is 1. The SMILES string of the molecule is Cc1cc(C#N)ccc1S(=O)(=O)N(C)c1ccc(C(=O)O)cc1. The predicted octanol–water partition coefficient (Wildman–Crippen LogP) is 2.39. The zero-order valence-corrected chi connectivity index (χ0v) is 13.3. The van der Waals surface area contributed by atoms with Crippen LogP contribution >= 0.6 is 0 Å². The highest BCUT2D eigenvalue weighted by Crippen LogP contribution is 2.25. The monoisotopic (exact) mass is 330 g/mol. The third-order valence-electron chi connectivity index (χ3n) is 3.42. The van der Waals surface area contributed by atoms with Gasteiger partial charge < -0.3 is 5.11 Å². The number of carboxylic acids is 1. The molecule has 0 amide bonds. The maximum Gasteiger partial charge on any atom is 0.335 e. The standard InChI is InChI=1S/C16H14N2O4S/c1-11-9-12(10-17)3-8-15(11)23(21,22)18(2)14-6-4-13(5-7-14)16(19)20/h3-9H,1-2H3,(H,19,20). The van der Waals surface area contributed by atoms with Crippen molar-refractivity contribution in [2.75, 3.05) is 11.4 Å². The van der Waals surface area contributed by atoms with Crippen LogP contribution in [-0.4, -0.2) is 26.5 Å². The van der Waals surface area contributed by atoms with Gasteiger partial charge in [0.05, 0.1) is 27.8 Å². The van der Waals surface area contributed by atoms with Gasteiger partial charge in [-0.3, -0.25) is 4.31 Å². The van der Waals surface area contributed by atoms with Crippen LogP contribution in [0.5, 0.6) is 0 Å². The molecule has 2 aromatic rings. The Kier molecular flexibility index (Phi) is 4.38. The molecule has 2 rings (SSSR count). The van der Waals surface area contributed by atoms with Crippen molar-refractivity contribution < 1.29 is 18.3 Å². The molecule has 6 nitrogen and oxygen atoms in total. The van der Waals surface area contributed by atoms with Crippen molar-refractivity contribution in [2.45, 2.75) is 11.8 Å². The number of carboxylic acid groups (broad SMARTS) is 1. The summed E-state index contributed by atoms with van der Waals surface area (Å²) in [6.07, 6.45) is 0. The smallest absolute Gasteiger partial charge is 0.335 e. The normalized spacial score (nSPS) is 10.8. The molecular formula is C16H14N2O4S.